The molecule has 1 fully saturated rings. The van der Waals surface area contributed by atoms with Crippen molar-refractivity contribution in [3.05, 3.63) is 36.4 Å². The molecule has 1 saturated carbocycles. The molecule has 0 atom stereocenters. The second-order valence-corrected chi connectivity index (χ2v) is 4.81. The maximum Gasteiger partial charge on any atom is 0.358 e. The summed E-state index contributed by atoms with van der Waals surface area (Å²) in [5.41, 5.74) is 0.649. The Kier molecular flexibility index (Phi) is 3.37. The van der Waals surface area contributed by atoms with Gasteiger partial charge in [0.2, 0.25) is 0 Å². The van der Waals surface area contributed by atoms with Gasteiger partial charge in [0.25, 0.3) is 0 Å². The molecule has 0 bridgehead atoms. The average molecular weight is 273 g/mol. The molecule has 20 heavy (non-hydrogen) atoms. The van der Waals surface area contributed by atoms with Crippen molar-refractivity contribution < 1.29 is 14.6 Å². The van der Waals surface area contributed by atoms with Gasteiger partial charge in [0, 0.05) is 6.20 Å². The molecule has 0 radical (unpaired) electrons. The Bertz CT molecular complexity index is 603. The zero-order valence-electron chi connectivity index (χ0n) is 10.9. The number of carbonyl (C=O) groups is 1. The molecule has 0 spiro atoms. The molecule has 0 saturated heterocycles. The van der Waals surface area contributed by atoms with E-state index in [9.17, 15) is 9.90 Å². The smallest absolute Gasteiger partial charge is 0.358 e. The van der Waals surface area contributed by atoms with Crippen molar-refractivity contribution in [2.24, 2.45) is 0 Å². The third kappa shape index (κ3) is 2.36. The minimum absolute atomic E-state index is 0.0462. The Morgan fingerprint density at radius 2 is 2.15 bits per heavy atom. The van der Waals surface area contributed by atoms with Crippen LogP contribution >= 0.6 is 0 Å². The van der Waals surface area contributed by atoms with Crippen molar-refractivity contribution in [2.75, 3.05) is 0 Å². The highest BCUT2D eigenvalue weighted by Crippen LogP contribution is 2.27. The van der Waals surface area contributed by atoms with Crippen LogP contribution in [0.5, 0.6) is 5.75 Å². The van der Waals surface area contributed by atoms with E-state index in [-0.39, 0.29) is 11.8 Å². The predicted octanol–water partition coefficient (Wildman–Crippen LogP) is 2.29. The Hall–Kier alpha value is -2.37. The molecule has 0 aliphatic heterocycles. The van der Waals surface area contributed by atoms with Gasteiger partial charge in [-0.2, -0.15) is 5.10 Å². The Balaban J connectivity index is 1.95. The van der Waals surface area contributed by atoms with Gasteiger partial charge < -0.3 is 9.84 Å². The Labute approximate surface area is 116 Å². The van der Waals surface area contributed by atoms with E-state index < -0.39 is 5.97 Å². The number of ether oxygens (including phenoxy) is 1. The van der Waals surface area contributed by atoms with E-state index in [1.54, 1.807) is 24.5 Å². The molecule has 6 nitrogen and oxygen atoms in total. The summed E-state index contributed by atoms with van der Waals surface area (Å²) in [6.45, 7) is 0. The highest BCUT2D eigenvalue weighted by molar-refractivity contribution is 5.89. The highest BCUT2D eigenvalue weighted by atomic mass is 16.5. The topological polar surface area (TPSA) is 77.2 Å². The summed E-state index contributed by atoms with van der Waals surface area (Å²) in [4.78, 5) is 15.5. The molecule has 1 aliphatic carbocycles. The van der Waals surface area contributed by atoms with Crippen LogP contribution in [-0.2, 0) is 0 Å². The van der Waals surface area contributed by atoms with Crippen LogP contribution in [0.15, 0.2) is 30.7 Å². The molecule has 2 aromatic rings. The highest BCUT2D eigenvalue weighted by Gasteiger charge is 2.24. The normalized spacial score (nSPS) is 15.4. The summed E-state index contributed by atoms with van der Waals surface area (Å²) in [5.74, 6) is -0.729. The summed E-state index contributed by atoms with van der Waals surface area (Å²) in [6.07, 6.45) is 8.96. The lowest BCUT2D eigenvalue weighted by Gasteiger charge is -2.12. The van der Waals surface area contributed by atoms with Crippen LogP contribution in [0.3, 0.4) is 0 Å². The molecule has 0 aromatic carbocycles. The third-order valence-corrected chi connectivity index (χ3v) is 3.42. The molecular weight excluding hydrogens is 258 g/mol. The second kappa shape index (κ2) is 5.32. The molecule has 0 amide bonds. The lowest BCUT2D eigenvalue weighted by Crippen LogP contribution is -2.15. The van der Waals surface area contributed by atoms with Crippen LogP contribution in [0, 0.1) is 0 Å². The summed E-state index contributed by atoms with van der Waals surface area (Å²) in [7, 11) is 0. The SMILES string of the molecule is O=C(O)c1c(OC2CCCC2)cnn1-c1cccnc1. The summed E-state index contributed by atoms with van der Waals surface area (Å²) < 4.78 is 7.13. The van der Waals surface area contributed by atoms with E-state index in [4.69, 9.17) is 4.74 Å². The quantitative estimate of drug-likeness (QED) is 0.924. The first-order valence-corrected chi connectivity index (χ1v) is 6.64. The van der Waals surface area contributed by atoms with E-state index in [1.807, 2.05) is 0 Å². The fraction of sp³-hybridized carbons (Fsp3) is 0.357. The minimum atomic E-state index is -1.06. The lowest BCUT2D eigenvalue weighted by molar-refractivity contribution is 0.0679. The van der Waals surface area contributed by atoms with Crippen molar-refractivity contribution in [3.8, 4) is 11.4 Å². The van der Waals surface area contributed by atoms with E-state index >= 15 is 0 Å². The van der Waals surface area contributed by atoms with Crippen LogP contribution in [0.1, 0.15) is 36.2 Å². The van der Waals surface area contributed by atoms with Crippen LogP contribution in [0.4, 0.5) is 0 Å². The van der Waals surface area contributed by atoms with Gasteiger partial charge in [0.1, 0.15) is 0 Å². The van der Waals surface area contributed by atoms with Crippen molar-refractivity contribution in [1.29, 1.82) is 0 Å². The van der Waals surface area contributed by atoms with Crippen molar-refractivity contribution in [3.63, 3.8) is 0 Å². The molecule has 1 aliphatic rings. The zero-order valence-corrected chi connectivity index (χ0v) is 10.9. The molecule has 104 valence electrons. The lowest BCUT2D eigenvalue weighted by atomic mass is 10.3. The fourth-order valence-electron chi connectivity index (χ4n) is 2.48. The van der Waals surface area contributed by atoms with E-state index in [2.05, 4.69) is 10.1 Å². The van der Waals surface area contributed by atoms with Crippen molar-refractivity contribution in [1.82, 2.24) is 14.8 Å². The number of rotatable bonds is 4. The Morgan fingerprint density at radius 3 is 2.80 bits per heavy atom. The zero-order chi connectivity index (χ0) is 13.9. The van der Waals surface area contributed by atoms with Gasteiger partial charge in [-0.25, -0.2) is 9.48 Å². The van der Waals surface area contributed by atoms with Crippen LogP contribution in [0.25, 0.3) is 5.69 Å². The Morgan fingerprint density at radius 1 is 1.35 bits per heavy atom. The molecule has 3 rings (SSSR count). The summed E-state index contributed by atoms with van der Waals surface area (Å²) in [5, 5.41) is 13.5. The number of pyridine rings is 1. The molecule has 2 aromatic heterocycles. The van der Waals surface area contributed by atoms with Gasteiger partial charge in [0.05, 0.1) is 24.2 Å². The standard InChI is InChI=1S/C14H15N3O3/c18-14(19)13-12(20-11-5-1-2-6-11)9-16-17(13)10-4-3-7-15-8-10/h3-4,7-9,11H,1-2,5-6H2,(H,18,19). The van der Waals surface area contributed by atoms with Gasteiger partial charge >= 0.3 is 5.97 Å². The van der Waals surface area contributed by atoms with E-state index in [0.717, 1.165) is 25.7 Å². The molecule has 6 heteroatoms. The molecule has 0 unspecified atom stereocenters. The predicted molar refractivity (Wildman–Crippen MR) is 71.2 cm³/mol. The molecule has 2 heterocycles. The van der Waals surface area contributed by atoms with Crippen molar-refractivity contribution >= 4 is 5.97 Å². The first-order valence-electron chi connectivity index (χ1n) is 6.64. The summed E-state index contributed by atoms with van der Waals surface area (Å²) in [6, 6.07) is 3.49. The third-order valence-electron chi connectivity index (χ3n) is 3.42. The maximum absolute atomic E-state index is 11.5. The van der Waals surface area contributed by atoms with Crippen LogP contribution < -0.4 is 4.74 Å². The monoisotopic (exact) mass is 273 g/mol. The number of aromatic nitrogens is 3. The second-order valence-electron chi connectivity index (χ2n) is 4.81. The first-order chi connectivity index (χ1) is 9.75. The van der Waals surface area contributed by atoms with Crippen LogP contribution in [0.2, 0.25) is 0 Å². The van der Waals surface area contributed by atoms with Crippen LogP contribution in [-0.4, -0.2) is 31.9 Å². The number of hydrogen-bond acceptors (Lipinski definition) is 4. The van der Waals surface area contributed by atoms with Crippen molar-refractivity contribution in [2.45, 2.75) is 31.8 Å². The molecular formula is C14H15N3O3. The average Bonchev–Trinajstić information content (AvgIpc) is 3.09. The van der Waals surface area contributed by atoms with E-state index in [0.29, 0.717) is 11.4 Å². The number of carboxylic acid groups (broad SMARTS) is 1. The van der Waals surface area contributed by atoms with Gasteiger partial charge in [-0.3, -0.25) is 4.98 Å². The van der Waals surface area contributed by atoms with Gasteiger partial charge in [-0.15, -0.1) is 0 Å². The van der Waals surface area contributed by atoms with Gasteiger partial charge in [-0.1, -0.05) is 0 Å². The number of carboxylic acids is 1. The minimum Gasteiger partial charge on any atom is -0.486 e. The largest absolute Gasteiger partial charge is 0.486 e. The number of hydrogen-bond donors (Lipinski definition) is 1. The maximum atomic E-state index is 11.5. The number of nitrogens with zero attached hydrogens (tertiary/aromatic N) is 3. The van der Waals surface area contributed by atoms with Gasteiger partial charge in [0.15, 0.2) is 11.4 Å². The van der Waals surface area contributed by atoms with E-state index in [1.165, 1.54) is 10.9 Å². The van der Waals surface area contributed by atoms with Gasteiger partial charge in [-0.05, 0) is 37.8 Å². The fourth-order valence-corrected chi connectivity index (χ4v) is 2.48. The summed E-state index contributed by atoms with van der Waals surface area (Å²) >= 11 is 0. The number of aromatic carboxylic acids is 1. The first kappa shape index (κ1) is 12.7. The molecule has 1 N–H and O–H groups in total.